The number of fused-ring (bicyclic) bond motifs is 1. The minimum Gasteiger partial charge on any atom is -0.360 e. The van der Waals surface area contributed by atoms with Crippen LogP contribution >= 0.6 is 0 Å². The van der Waals surface area contributed by atoms with E-state index in [0.717, 1.165) is 12.1 Å². The Bertz CT molecular complexity index is 1020. The number of benzene rings is 2. The topological polar surface area (TPSA) is 56.6 Å². The number of halogens is 3. The van der Waals surface area contributed by atoms with Crippen molar-refractivity contribution in [1.82, 2.24) is 4.98 Å². The Morgan fingerprint density at radius 1 is 1.08 bits per heavy atom. The third-order valence-corrected chi connectivity index (χ3v) is 3.76. The van der Waals surface area contributed by atoms with Gasteiger partial charge in [-0.2, -0.15) is 18.4 Å². The van der Waals surface area contributed by atoms with Crippen LogP contribution in [0, 0.1) is 11.3 Å². The fourth-order valence-electron chi connectivity index (χ4n) is 2.59. The highest BCUT2D eigenvalue weighted by atomic mass is 19.4. The quantitative estimate of drug-likeness (QED) is 0.415. The molecule has 0 saturated heterocycles. The van der Waals surface area contributed by atoms with Gasteiger partial charge in [0.1, 0.15) is 11.6 Å². The molecular weight excluding hydrogens is 329 g/mol. The number of aromatic amines is 1. The molecule has 3 rings (SSSR count). The second-order valence-electron chi connectivity index (χ2n) is 5.33. The van der Waals surface area contributed by atoms with Gasteiger partial charge in [-0.15, -0.1) is 0 Å². The molecule has 25 heavy (non-hydrogen) atoms. The van der Waals surface area contributed by atoms with Crippen molar-refractivity contribution in [3.8, 4) is 6.07 Å². The van der Waals surface area contributed by atoms with Crippen molar-refractivity contribution in [3.63, 3.8) is 0 Å². The van der Waals surface area contributed by atoms with Crippen LogP contribution in [0.2, 0.25) is 0 Å². The van der Waals surface area contributed by atoms with Crippen molar-refractivity contribution in [1.29, 1.82) is 5.26 Å². The number of hydrogen-bond donors (Lipinski definition) is 1. The molecule has 0 unspecified atom stereocenters. The van der Waals surface area contributed by atoms with Crippen molar-refractivity contribution < 1.29 is 18.0 Å². The normalized spacial score (nSPS) is 12.2. The maximum Gasteiger partial charge on any atom is 0.416 e. The number of aromatic nitrogens is 1. The summed E-state index contributed by atoms with van der Waals surface area (Å²) in [5.41, 5.74) is -0.526. The van der Waals surface area contributed by atoms with Crippen molar-refractivity contribution in [2.45, 2.75) is 6.18 Å². The molecule has 0 fully saturated rings. The minimum atomic E-state index is -4.57. The van der Waals surface area contributed by atoms with Crippen LogP contribution in [-0.4, -0.2) is 10.8 Å². The molecule has 1 aromatic heterocycles. The molecule has 124 valence electrons. The lowest BCUT2D eigenvalue weighted by atomic mass is 9.99. The number of carbonyl (C=O) groups excluding carboxylic acids is 1. The molecule has 3 nitrogen and oxygen atoms in total. The van der Waals surface area contributed by atoms with Gasteiger partial charge in [0.2, 0.25) is 5.78 Å². The van der Waals surface area contributed by atoms with Gasteiger partial charge < -0.3 is 4.98 Å². The van der Waals surface area contributed by atoms with Crippen molar-refractivity contribution >= 4 is 22.8 Å². The summed E-state index contributed by atoms with van der Waals surface area (Å²) >= 11 is 0. The minimum absolute atomic E-state index is 0.222. The third kappa shape index (κ3) is 3.17. The van der Waals surface area contributed by atoms with E-state index in [4.69, 9.17) is 0 Å². The van der Waals surface area contributed by atoms with Crippen LogP contribution < -0.4 is 0 Å². The molecular formula is C19H11F3N2O. The maximum atomic E-state index is 13.1. The van der Waals surface area contributed by atoms with Crippen LogP contribution in [0.4, 0.5) is 13.2 Å². The lowest BCUT2D eigenvalue weighted by Gasteiger charge is -2.10. The molecule has 0 amide bonds. The lowest BCUT2D eigenvalue weighted by molar-refractivity contribution is -0.137. The van der Waals surface area contributed by atoms with Gasteiger partial charge >= 0.3 is 6.18 Å². The lowest BCUT2D eigenvalue weighted by Crippen LogP contribution is -2.08. The summed E-state index contributed by atoms with van der Waals surface area (Å²) in [6.45, 7) is 0. The van der Waals surface area contributed by atoms with Gasteiger partial charge in [0.05, 0.1) is 5.56 Å². The van der Waals surface area contributed by atoms with Gasteiger partial charge in [-0.05, 0) is 23.8 Å². The number of carbonyl (C=O) groups is 1. The number of H-pyrrole nitrogens is 1. The van der Waals surface area contributed by atoms with Gasteiger partial charge in [-0.1, -0.05) is 36.4 Å². The number of para-hydroxylation sites is 1. The van der Waals surface area contributed by atoms with Gasteiger partial charge in [0.15, 0.2) is 0 Å². The summed E-state index contributed by atoms with van der Waals surface area (Å²) in [6, 6.07) is 13.5. The Morgan fingerprint density at radius 2 is 1.76 bits per heavy atom. The van der Waals surface area contributed by atoms with Crippen molar-refractivity contribution in [2.75, 3.05) is 0 Å². The largest absolute Gasteiger partial charge is 0.416 e. The molecule has 1 N–H and O–H groups in total. The first-order chi connectivity index (χ1) is 11.9. The second-order valence-corrected chi connectivity index (χ2v) is 5.33. The first-order valence-electron chi connectivity index (χ1n) is 7.30. The van der Waals surface area contributed by atoms with E-state index in [9.17, 15) is 23.2 Å². The molecule has 0 aliphatic heterocycles. The van der Waals surface area contributed by atoms with Crippen LogP contribution in [0.15, 0.2) is 60.3 Å². The van der Waals surface area contributed by atoms with Crippen LogP contribution in [0.25, 0.3) is 17.0 Å². The average Bonchev–Trinajstić information content (AvgIpc) is 3.02. The monoisotopic (exact) mass is 340 g/mol. The summed E-state index contributed by atoms with van der Waals surface area (Å²) in [6.07, 6.45) is -2.14. The highest BCUT2D eigenvalue weighted by molar-refractivity contribution is 6.19. The molecule has 0 spiro atoms. The molecule has 0 saturated carbocycles. The smallest absolute Gasteiger partial charge is 0.360 e. The second kappa shape index (κ2) is 6.29. The Kier molecular flexibility index (Phi) is 4.15. The van der Waals surface area contributed by atoms with E-state index in [2.05, 4.69) is 4.98 Å². The SMILES string of the molecule is N#C/C(=C\c1ccccc1C(F)(F)F)C(=O)c1c[nH]c2ccccc12. The Labute approximate surface area is 141 Å². The number of nitrogens with zero attached hydrogens (tertiary/aromatic N) is 1. The number of allylic oxidation sites excluding steroid dienone is 1. The number of nitrogens with one attached hydrogen (secondary N) is 1. The Balaban J connectivity index is 2.08. The van der Waals surface area contributed by atoms with Crippen LogP contribution in [0.5, 0.6) is 0 Å². The highest BCUT2D eigenvalue weighted by Gasteiger charge is 2.32. The summed E-state index contributed by atoms with van der Waals surface area (Å²) in [5, 5.41) is 9.90. The fourth-order valence-corrected chi connectivity index (χ4v) is 2.59. The fraction of sp³-hybridized carbons (Fsp3) is 0.0526. The molecule has 6 heteroatoms. The van der Waals surface area contributed by atoms with Crippen LogP contribution in [0.3, 0.4) is 0 Å². The van der Waals surface area contributed by atoms with E-state index in [1.807, 2.05) is 0 Å². The third-order valence-electron chi connectivity index (χ3n) is 3.76. The van der Waals surface area contributed by atoms with E-state index in [1.165, 1.54) is 24.4 Å². The number of rotatable bonds is 3. The highest BCUT2D eigenvalue weighted by Crippen LogP contribution is 2.33. The number of nitriles is 1. The van der Waals surface area contributed by atoms with Gasteiger partial charge in [0.25, 0.3) is 0 Å². The van der Waals surface area contributed by atoms with Crippen LogP contribution in [0.1, 0.15) is 21.5 Å². The van der Waals surface area contributed by atoms with Crippen molar-refractivity contribution in [2.24, 2.45) is 0 Å². The van der Waals surface area contributed by atoms with E-state index in [-0.39, 0.29) is 16.7 Å². The molecule has 1 heterocycles. The van der Waals surface area contributed by atoms with E-state index >= 15 is 0 Å². The zero-order valence-corrected chi connectivity index (χ0v) is 12.8. The van der Waals surface area contributed by atoms with E-state index < -0.39 is 17.5 Å². The molecule has 0 radical (unpaired) electrons. The number of Topliss-reactive ketones (excluding diaryl/α,β-unsaturated/α-hetero) is 1. The number of ketones is 1. The predicted molar refractivity (Wildman–Crippen MR) is 87.7 cm³/mol. The standard InChI is InChI=1S/C19H11F3N2O/c20-19(21,22)16-7-3-1-5-12(16)9-13(10-23)18(25)15-11-24-17-8-4-2-6-14(15)17/h1-9,11,24H/b13-9+. The maximum absolute atomic E-state index is 13.1. The molecule has 3 aromatic rings. The first-order valence-corrected chi connectivity index (χ1v) is 7.30. The molecule has 0 aliphatic rings. The molecule has 0 bridgehead atoms. The molecule has 0 atom stereocenters. The predicted octanol–water partition coefficient (Wildman–Crippen LogP) is 4.98. The van der Waals surface area contributed by atoms with Gasteiger partial charge in [-0.25, -0.2) is 0 Å². The molecule has 0 aliphatic carbocycles. The summed E-state index contributed by atoms with van der Waals surface area (Å²) < 4.78 is 39.3. The van der Waals surface area contributed by atoms with Crippen LogP contribution in [-0.2, 0) is 6.18 Å². The summed E-state index contributed by atoms with van der Waals surface area (Å²) in [7, 11) is 0. The number of hydrogen-bond acceptors (Lipinski definition) is 2. The number of alkyl halides is 3. The van der Waals surface area contributed by atoms with Gasteiger partial charge in [0, 0.05) is 22.7 Å². The van der Waals surface area contributed by atoms with E-state index in [0.29, 0.717) is 10.9 Å². The average molecular weight is 340 g/mol. The first kappa shape index (κ1) is 16.5. The van der Waals surface area contributed by atoms with Gasteiger partial charge in [-0.3, -0.25) is 4.79 Å². The molecule has 2 aromatic carbocycles. The zero-order chi connectivity index (χ0) is 18.0. The van der Waals surface area contributed by atoms with E-state index in [1.54, 1.807) is 30.3 Å². The summed E-state index contributed by atoms with van der Waals surface area (Å²) in [4.78, 5) is 15.5. The Morgan fingerprint density at radius 3 is 2.48 bits per heavy atom. The van der Waals surface area contributed by atoms with Crippen molar-refractivity contribution in [3.05, 3.63) is 77.0 Å². The summed E-state index contributed by atoms with van der Waals surface area (Å²) in [5.74, 6) is -0.628. The Hall–Kier alpha value is -3.33. The zero-order valence-electron chi connectivity index (χ0n) is 12.8.